The van der Waals surface area contributed by atoms with Crippen LogP contribution in [-0.2, 0) is 13.1 Å². The van der Waals surface area contributed by atoms with Gasteiger partial charge in [0.25, 0.3) is 0 Å². The highest BCUT2D eigenvalue weighted by Crippen LogP contribution is 2.33. The maximum Gasteiger partial charge on any atom is 0.331 e. The molecular formula is C18H20IN5O. The van der Waals surface area contributed by atoms with E-state index in [1.54, 1.807) is 4.57 Å². The first-order valence-corrected chi connectivity index (χ1v) is 9.73. The van der Waals surface area contributed by atoms with Crippen LogP contribution >= 0.6 is 22.6 Å². The molecule has 3 aliphatic rings. The highest BCUT2D eigenvalue weighted by Gasteiger charge is 2.31. The summed E-state index contributed by atoms with van der Waals surface area (Å²) in [6.07, 6.45) is 1.85. The van der Waals surface area contributed by atoms with Crippen molar-refractivity contribution < 1.29 is 0 Å². The molecule has 6 nitrogen and oxygen atoms in total. The van der Waals surface area contributed by atoms with Crippen molar-refractivity contribution in [3.05, 3.63) is 38.3 Å². The van der Waals surface area contributed by atoms with E-state index in [1.807, 2.05) is 22.8 Å². The number of aromatic nitrogens is 4. The standard InChI is InChI=1S/C18H20IN5O/c1-3-8-23-17-14(16-20-13(4-2)10-24(16)18(23)25)21-15(22-17)11-6-5-7-12(19)9-11/h5-7,9,13,20H,3-4,8,10H2,1-2H3. The van der Waals surface area contributed by atoms with Crippen LogP contribution in [0.3, 0.4) is 0 Å². The van der Waals surface area contributed by atoms with Crippen LogP contribution in [0.15, 0.2) is 29.1 Å². The Kier molecular flexibility index (Phi) is 4.26. The van der Waals surface area contributed by atoms with Crippen molar-refractivity contribution >= 4 is 28.4 Å². The van der Waals surface area contributed by atoms with Crippen molar-refractivity contribution in [2.45, 2.75) is 45.8 Å². The topological polar surface area (TPSA) is 64.7 Å². The van der Waals surface area contributed by atoms with Gasteiger partial charge in [-0.15, -0.1) is 0 Å². The Morgan fingerprint density at radius 1 is 1.32 bits per heavy atom. The molecule has 0 bridgehead atoms. The average molecular weight is 449 g/mol. The van der Waals surface area contributed by atoms with Crippen LogP contribution in [0.2, 0.25) is 0 Å². The van der Waals surface area contributed by atoms with Crippen LogP contribution in [0.1, 0.15) is 26.7 Å². The lowest BCUT2D eigenvalue weighted by Crippen LogP contribution is -2.32. The number of halogens is 1. The van der Waals surface area contributed by atoms with E-state index in [4.69, 9.17) is 9.97 Å². The molecule has 0 spiro atoms. The van der Waals surface area contributed by atoms with Crippen molar-refractivity contribution in [3.8, 4) is 22.9 Å². The van der Waals surface area contributed by atoms with E-state index < -0.39 is 0 Å². The summed E-state index contributed by atoms with van der Waals surface area (Å²) in [6.45, 7) is 5.53. The summed E-state index contributed by atoms with van der Waals surface area (Å²) in [6, 6.07) is 8.38. The van der Waals surface area contributed by atoms with E-state index in [0.717, 1.165) is 33.5 Å². The number of imidazole rings is 1. The van der Waals surface area contributed by atoms with Crippen molar-refractivity contribution in [2.24, 2.45) is 0 Å². The molecule has 0 amide bonds. The molecule has 1 aromatic rings. The molecule has 1 atom stereocenters. The van der Waals surface area contributed by atoms with Crippen LogP contribution < -0.4 is 11.0 Å². The van der Waals surface area contributed by atoms with Crippen LogP contribution in [-0.4, -0.2) is 25.1 Å². The summed E-state index contributed by atoms with van der Waals surface area (Å²) in [5.74, 6) is 2.16. The molecule has 25 heavy (non-hydrogen) atoms. The van der Waals surface area contributed by atoms with Crippen molar-refractivity contribution in [1.29, 1.82) is 0 Å². The van der Waals surface area contributed by atoms with E-state index in [0.29, 0.717) is 24.7 Å². The molecule has 0 aliphatic carbocycles. The normalized spacial score (nSPS) is 16.2. The monoisotopic (exact) mass is 449 g/mol. The molecule has 1 N–H and O–H groups in total. The van der Waals surface area contributed by atoms with Crippen molar-refractivity contribution in [1.82, 2.24) is 19.1 Å². The van der Waals surface area contributed by atoms with Gasteiger partial charge in [-0.2, -0.15) is 0 Å². The van der Waals surface area contributed by atoms with Gasteiger partial charge in [-0.3, -0.25) is 9.13 Å². The fourth-order valence-corrected chi connectivity index (χ4v) is 3.87. The number of benzene rings is 1. The molecule has 0 aromatic heterocycles. The van der Waals surface area contributed by atoms with Gasteiger partial charge in [-0.05, 0) is 47.6 Å². The van der Waals surface area contributed by atoms with E-state index in [2.05, 4.69) is 47.8 Å². The molecule has 1 unspecified atom stereocenters. The number of nitrogens with zero attached hydrogens (tertiary/aromatic N) is 4. The molecular weight excluding hydrogens is 429 g/mol. The Morgan fingerprint density at radius 2 is 2.16 bits per heavy atom. The van der Waals surface area contributed by atoms with Crippen molar-refractivity contribution in [3.63, 3.8) is 0 Å². The lowest BCUT2D eigenvalue weighted by Gasteiger charge is -2.13. The highest BCUT2D eigenvalue weighted by molar-refractivity contribution is 14.1. The predicted octanol–water partition coefficient (Wildman–Crippen LogP) is 3.43. The van der Waals surface area contributed by atoms with Gasteiger partial charge >= 0.3 is 5.69 Å². The second kappa shape index (κ2) is 6.44. The molecule has 0 saturated carbocycles. The Labute approximate surface area is 159 Å². The largest absolute Gasteiger partial charge is 0.365 e. The zero-order chi connectivity index (χ0) is 17.6. The summed E-state index contributed by atoms with van der Waals surface area (Å²) in [5.41, 5.74) is 1.77. The second-order valence-corrected chi connectivity index (χ2v) is 7.62. The van der Waals surface area contributed by atoms with Gasteiger partial charge in [0.2, 0.25) is 0 Å². The SMILES string of the molecule is CCCn1c2nc(-c3cccc(I)c3)nc-2c2n(c1=O)CC(CC)N2. The maximum atomic E-state index is 12.9. The third-order valence-corrected chi connectivity index (χ3v) is 5.29. The molecule has 130 valence electrons. The smallest absolute Gasteiger partial charge is 0.331 e. The number of rotatable bonds is 4. The van der Waals surface area contributed by atoms with Gasteiger partial charge < -0.3 is 5.32 Å². The molecule has 7 heteroatoms. The van der Waals surface area contributed by atoms with Crippen LogP contribution in [0.5, 0.6) is 0 Å². The molecule has 0 fully saturated rings. The number of fused-ring (bicyclic) bond motifs is 3. The second-order valence-electron chi connectivity index (χ2n) is 6.37. The molecule has 0 saturated heterocycles. The Balaban J connectivity index is 1.95. The summed E-state index contributed by atoms with van der Waals surface area (Å²) in [7, 11) is 0. The van der Waals surface area contributed by atoms with E-state index in [9.17, 15) is 4.79 Å². The van der Waals surface area contributed by atoms with Crippen LogP contribution in [0, 0.1) is 3.57 Å². The average Bonchev–Trinajstić information content (AvgIpc) is 3.23. The number of hydrogen-bond donors (Lipinski definition) is 1. The number of nitrogens with one attached hydrogen (secondary N) is 1. The fraction of sp³-hybridized carbons (Fsp3) is 0.389. The van der Waals surface area contributed by atoms with Crippen LogP contribution in [0.4, 0.5) is 5.82 Å². The predicted molar refractivity (Wildman–Crippen MR) is 107 cm³/mol. The van der Waals surface area contributed by atoms with E-state index in [-0.39, 0.29) is 11.7 Å². The molecule has 3 heterocycles. The summed E-state index contributed by atoms with van der Waals surface area (Å²) in [4.78, 5) is 22.5. The van der Waals surface area contributed by atoms with Crippen LogP contribution in [0.25, 0.3) is 22.9 Å². The molecule has 3 aliphatic heterocycles. The quantitative estimate of drug-likeness (QED) is 0.620. The number of anilines is 1. The molecule has 0 radical (unpaired) electrons. The van der Waals surface area contributed by atoms with E-state index >= 15 is 0 Å². The summed E-state index contributed by atoms with van der Waals surface area (Å²) in [5, 5.41) is 3.46. The van der Waals surface area contributed by atoms with Gasteiger partial charge in [0.05, 0.1) is 0 Å². The zero-order valence-corrected chi connectivity index (χ0v) is 16.4. The zero-order valence-electron chi connectivity index (χ0n) is 14.3. The van der Waals surface area contributed by atoms with Gasteiger partial charge in [0.15, 0.2) is 11.6 Å². The van der Waals surface area contributed by atoms with Gasteiger partial charge in [0, 0.05) is 28.3 Å². The molecule has 4 rings (SSSR count). The summed E-state index contributed by atoms with van der Waals surface area (Å²) >= 11 is 2.29. The fourth-order valence-electron chi connectivity index (χ4n) is 3.33. The van der Waals surface area contributed by atoms with E-state index in [1.165, 1.54) is 0 Å². The minimum Gasteiger partial charge on any atom is -0.365 e. The maximum absolute atomic E-state index is 12.9. The first-order valence-electron chi connectivity index (χ1n) is 8.66. The van der Waals surface area contributed by atoms with Gasteiger partial charge in [0.1, 0.15) is 11.5 Å². The first-order chi connectivity index (χ1) is 12.1. The Bertz CT molecular complexity index is 961. The molecule has 1 aromatic carbocycles. The van der Waals surface area contributed by atoms with Gasteiger partial charge in [-0.1, -0.05) is 26.0 Å². The third-order valence-electron chi connectivity index (χ3n) is 4.62. The highest BCUT2D eigenvalue weighted by atomic mass is 127. The minimum absolute atomic E-state index is 0.00175. The number of hydrogen-bond acceptors (Lipinski definition) is 4. The first kappa shape index (κ1) is 16.6. The Hall–Kier alpha value is -1.90. The lowest BCUT2D eigenvalue weighted by atomic mass is 10.2. The lowest BCUT2D eigenvalue weighted by molar-refractivity contribution is 0.556. The third kappa shape index (κ3) is 2.74. The Morgan fingerprint density at radius 3 is 2.88 bits per heavy atom. The van der Waals surface area contributed by atoms with Crippen molar-refractivity contribution in [2.75, 3.05) is 5.32 Å². The van der Waals surface area contributed by atoms with Gasteiger partial charge in [-0.25, -0.2) is 14.8 Å². The minimum atomic E-state index is 0.00175. The summed E-state index contributed by atoms with van der Waals surface area (Å²) < 4.78 is 4.72.